The average Bonchev–Trinajstić information content (AvgIpc) is 3.24. The van der Waals surface area contributed by atoms with Gasteiger partial charge in [-0.1, -0.05) is 0 Å². The van der Waals surface area contributed by atoms with Gasteiger partial charge in [0.25, 0.3) is 0 Å². The van der Waals surface area contributed by atoms with E-state index in [-0.39, 0.29) is 0 Å². The van der Waals surface area contributed by atoms with Crippen molar-refractivity contribution in [2.24, 2.45) is 7.05 Å². The highest BCUT2D eigenvalue weighted by Crippen LogP contribution is 2.23. The number of hydrogen-bond donors (Lipinski definition) is 1. The Morgan fingerprint density at radius 2 is 2.14 bits per heavy atom. The summed E-state index contributed by atoms with van der Waals surface area (Å²) in [4.78, 5) is 0.435. The van der Waals surface area contributed by atoms with Gasteiger partial charge in [-0.25, -0.2) is 8.42 Å². The Kier molecular flexibility index (Phi) is 4.63. The molecular formula is C14H23N3O2S2. The summed E-state index contributed by atoms with van der Waals surface area (Å²) >= 11 is 1.84. The lowest BCUT2D eigenvalue weighted by molar-refractivity contribution is 0.435. The molecule has 1 saturated heterocycles. The van der Waals surface area contributed by atoms with Gasteiger partial charge in [-0.2, -0.15) is 16.1 Å². The molecule has 0 amide bonds. The Morgan fingerprint density at radius 1 is 1.33 bits per heavy atom. The van der Waals surface area contributed by atoms with E-state index < -0.39 is 10.0 Å². The number of hydrogen-bond acceptors (Lipinski definition) is 4. The molecule has 1 aromatic rings. The highest BCUT2D eigenvalue weighted by atomic mass is 32.2. The topological polar surface area (TPSA) is 54.3 Å². The van der Waals surface area contributed by atoms with E-state index in [1.807, 2.05) is 29.4 Å². The summed E-state index contributed by atoms with van der Waals surface area (Å²) in [5, 5.41) is 3.44. The van der Waals surface area contributed by atoms with E-state index in [0.717, 1.165) is 30.2 Å². The van der Waals surface area contributed by atoms with Crippen LogP contribution in [0.2, 0.25) is 0 Å². The maximum absolute atomic E-state index is 12.7. The number of aryl methyl sites for hydroxylation is 1. The van der Waals surface area contributed by atoms with Crippen molar-refractivity contribution in [1.29, 1.82) is 0 Å². The van der Waals surface area contributed by atoms with Crippen LogP contribution in [0.1, 0.15) is 25.0 Å². The van der Waals surface area contributed by atoms with Gasteiger partial charge >= 0.3 is 0 Å². The lowest BCUT2D eigenvalue weighted by Gasteiger charge is -2.18. The zero-order valence-corrected chi connectivity index (χ0v) is 14.0. The van der Waals surface area contributed by atoms with E-state index in [9.17, 15) is 8.42 Å². The fraction of sp³-hybridized carbons (Fsp3) is 0.714. The zero-order chi connectivity index (χ0) is 14.9. The molecule has 3 rings (SSSR count). The molecular weight excluding hydrogens is 306 g/mol. The van der Waals surface area contributed by atoms with Gasteiger partial charge in [-0.15, -0.1) is 0 Å². The predicted octanol–water partition coefficient (Wildman–Crippen LogP) is 1.40. The van der Waals surface area contributed by atoms with Crippen LogP contribution in [0.3, 0.4) is 0 Å². The molecule has 2 aliphatic rings. The van der Waals surface area contributed by atoms with E-state index >= 15 is 0 Å². The van der Waals surface area contributed by atoms with Gasteiger partial charge in [0.2, 0.25) is 10.0 Å². The average molecular weight is 329 g/mol. The van der Waals surface area contributed by atoms with Crippen molar-refractivity contribution in [1.82, 2.24) is 14.2 Å². The lowest BCUT2D eigenvalue weighted by Crippen LogP contribution is -2.32. The number of rotatable bonds is 5. The van der Waals surface area contributed by atoms with Gasteiger partial charge in [0.1, 0.15) is 4.90 Å². The molecule has 1 N–H and O–H groups in total. The molecule has 0 unspecified atom stereocenters. The van der Waals surface area contributed by atoms with Gasteiger partial charge in [-0.05, 0) is 31.1 Å². The lowest BCUT2D eigenvalue weighted by atomic mass is 10.4. The quantitative estimate of drug-likeness (QED) is 0.887. The fourth-order valence-corrected chi connectivity index (χ4v) is 5.12. The maximum atomic E-state index is 12.7. The number of nitrogens with zero attached hydrogens (tertiary/aromatic N) is 2. The Hall–Kier alpha value is -0.500. The van der Waals surface area contributed by atoms with Gasteiger partial charge in [0.05, 0.1) is 0 Å². The zero-order valence-electron chi connectivity index (χ0n) is 12.4. The summed E-state index contributed by atoms with van der Waals surface area (Å²) in [6.07, 6.45) is 5.16. The molecule has 2 fully saturated rings. The van der Waals surface area contributed by atoms with Crippen LogP contribution < -0.4 is 5.32 Å². The number of thioether (sulfide) groups is 1. The number of nitrogens with one attached hydrogen (secondary N) is 1. The molecule has 0 radical (unpaired) electrons. The van der Waals surface area contributed by atoms with Crippen LogP contribution in [0.15, 0.2) is 17.2 Å². The van der Waals surface area contributed by atoms with Crippen LogP contribution >= 0.6 is 11.8 Å². The van der Waals surface area contributed by atoms with Crippen molar-refractivity contribution in [2.45, 2.75) is 36.7 Å². The molecule has 1 aliphatic carbocycles. The second-order valence-corrected chi connectivity index (χ2v) is 8.97. The fourth-order valence-electron chi connectivity index (χ4n) is 2.54. The largest absolute Gasteiger partial charge is 0.352 e. The summed E-state index contributed by atoms with van der Waals surface area (Å²) < 4.78 is 29.0. The number of aromatic nitrogens is 1. The third-order valence-electron chi connectivity index (χ3n) is 4.05. The third kappa shape index (κ3) is 3.64. The van der Waals surface area contributed by atoms with Crippen LogP contribution in [0.5, 0.6) is 0 Å². The molecule has 118 valence electrons. The Bertz CT molecular complexity index is 585. The SMILES string of the molecule is Cn1cc(S(=O)(=O)N2CCCSCC2)cc1CNC1CC1. The van der Waals surface area contributed by atoms with Crippen LogP contribution in [0.25, 0.3) is 0 Å². The Morgan fingerprint density at radius 3 is 2.90 bits per heavy atom. The van der Waals surface area contributed by atoms with E-state index in [0.29, 0.717) is 24.0 Å². The summed E-state index contributed by atoms with van der Waals surface area (Å²) in [7, 11) is -1.42. The van der Waals surface area contributed by atoms with Crippen LogP contribution in [0, 0.1) is 0 Å². The molecule has 1 aromatic heterocycles. The monoisotopic (exact) mass is 329 g/mol. The molecule has 21 heavy (non-hydrogen) atoms. The van der Waals surface area contributed by atoms with Gasteiger partial charge in [0, 0.05) is 50.4 Å². The van der Waals surface area contributed by atoms with E-state index in [4.69, 9.17) is 0 Å². The van der Waals surface area contributed by atoms with Crippen LogP contribution in [0.4, 0.5) is 0 Å². The molecule has 7 heteroatoms. The molecule has 0 spiro atoms. The van der Waals surface area contributed by atoms with Crippen LogP contribution in [-0.2, 0) is 23.6 Å². The first-order chi connectivity index (χ1) is 10.1. The van der Waals surface area contributed by atoms with Gasteiger partial charge < -0.3 is 9.88 Å². The molecule has 1 saturated carbocycles. The number of sulfonamides is 1. The van der Waals surface area contributed by atoms with Gasteiger partial charge in [0.15, 0.2) is 0 Å². The van der Waals surface area contributed by atoms with Crippen molar-refractivity contribution in [3.05, 3.63) is 18.0 Å². The highest BCUT2D eigenvalue weighted by Gasteiger charge is 2.27. The Labute approximate surface area is 131 Å². The first kappa shape index (κ1) is 15.4. The summed E-state index contributed by atoms with van der Waals surface area (Å²) in [6, 6.07) is 2.45. The summed E-state index contributed by atoms with van der Waals surface area (Å²) in [5.41, 5.74) is 1.03. The first-order valence-electron chi connectivity index (χ1n) is 7.54. The van der Waals surface area contributed by atoms with E-state index in [1.165, 1.54) is 12.8 Å². The van der Waals surface area contributed by atoms with E-state index in [2.05, 4.69) is 5.32 Å². The first-order valence-corrected chi connectivity index (χ1v) is 10.1. The standard InChI is InChI=1S/C14H23N3O2S2/c1-16-11-14(9-13(16)10-15-12-3-4-12)21(18,19)17-5-2-7-20-8-6-17/h9,11-12,15H,2-8,10H2,1H3. The normalized spacial score (nSPS) is 21.4. The summed E-state index contributed by atoms with van der Waals surface area (Å²) in [6.45, 7) is 2.00. The highest BCUT2D eigenvalue weighted by molar-refractivity contribution is 7.99. The molecule has 0 bridgehead atoms. The van der Waals surface area contributed by atoms with Crippen molar-refractivity contribution in [3.63, 3.8) is 0 Å². The minimum absolute atomic E-state index is 0.435. The van der Waals surface area contributed by atoms with Crippen molar-refractivity contribution < 1.29 is 8.42 Å². The predicted molar refractivity (Wildman–Crippen MR) is 86.0 cm³/mol. The smallest absolute Gasteiger partial charge is 0.244 e. The second kappa shape index (κ2) is 6.32. The molecule has 2 heterocycles. The molecule has 0 aromatic carbocycles. The maximum Gasteiger partial charge on any atom is 0.244 e. The van der Waals surface area contributed by atoms with Crippen molar-refractivity contribution >= 4 is 21.8 Å². The van der Waals surface area contributed by atoms with Crippen molar-refractivity contribution in [3.8, 4) is 0 Å². The molecule has 5 nitrogen and oxygen atoms in total. The molecule has 1 aliphatic heterocycles. The molecule has 0 atom stereocenters. The minimum atomic E-state index is -3.34. The van der Waals surface area contributed by atoms with E-state index in [1.54, 1.807) is 10.5 Å². The van der Waals surface area contributed by atoms with Gasteiger partial charge in [-0.3, -0.25) is 0 Å². The third-order valence-corrected chi connectivity index (χ3v) is 6.96. The Balaban J connectivity index is 1.75. The minimum Gasteiger partial charge on any atom is -0.352 e. The van der Waals surface area contributed by atoms with Crippen LogP contribution in [-0.4, -0.2) is 47.9 Å². The summed E-state index contributed by atoms with van der Waals surface area (Å²) in [5.74, 6) is 1.94. The van der Waals surface area contributed by atoms with Crippen molar-refractivity contribution in [2.75, 3.05) is 24.6 Å². The second-order valence-electron chi connectivity index (χ2n) is 5.80.